The topological polar surface area (TPSA) is 23.6 Å². The van der Waals surface area contributed by atoms with Crippen molar-refractivity contribution in [2.45, 2.75) is 32.5 Å². The Morgan fingerprint density at radius 2 is 1.37 bits per heavy atom. The summed E-state index contributed by atoms with van der Waals surface area (Å²) in [5, 5.41) is 0. The van der Waals surface area contributed by atoms with Crippen LogP contribution in [-0.2, 0) is 17.9 Å². The highest BCUT2D eigenvalue weighted by Gasteiger charge is 2.33. The molecule has 1 aliphatic rings. The Hall–Kier alpha value is -2.91. The van der Waals surface area contributed by atoms with E-state index in [2.05, 4.69) is 66.4 Å². The second kappa shape index (κ2) is 9.73. The van der Waals surface area contributed by atoms with Crippen LogP contribution in [-0.4, -0.2) is 28.8 Å². The summed E-state index contributed by atoms with van der Waals surface area (Å²) >= 11 is 0. The first kappa shape index (κ1) is 20.4. The molecular formula is C27H30N2O. The minimum atomic E-state index is 0.0589. The molecule has 0 aromatic heterocycles. The molecule has 0 N–H and O–H groups in total. The van der Waals surface area contributed by atoms with E-state index in [0.717, 1.165) is 19.5 Å². The second-order valence-corrected chi connectivity index (χ2v) is 8.23. The maximum Gasteiger partial charge on any atom is 0.227 e. The van der Waals surface area contributed by atoms with Crippen LogP contribution in [0.2, 0.25) is 0 Å². The zero-order valence-electron chi connectivity index (χ0n) is 17.7. The molecule has 0 spiro atoms. The van der Waals surface area contributed by atoms with E-state index in [1.165, 1.54) is 16.7 Å². The predicted molar refractivity (Wildman–Crippen MR) is 122 cm³/mol. The normalized spacial score (nSPS) is 17.6. The molecular weight excluding hydrogens is 368 g/mol. The molecule has 1 amide bonds. The lowest BCUT2D eigenvalue weighted by Crippen LogP contribution is -2.37. The molecule has 0 saturated carbocycles. The van der Waals surface area contributed by atoms with Crippen LogP contribution in [0.25, 0.3) is 0 Å². The van der Waals surface area contributed by atoms with Gasteiger partial charge in [0.1, 0.15) is 0 Å². The Morgan fingerprint density at radius 1 is 0.867 bits per heavy atom. The van der Waals surface area contributed by atoms with Crippen LogP contribution in [0.15, 0.2) is 91.0 Å². The van der Waals surface area contributed by atoms with Gasteiger partial charge in [-0.1, -0.05) is 91.0 Å². The zero-order chi connectivity index (χ0) is 20.8. The molecule has 154 valence electrons. The number of benzene rings is 3. The number of amides is 1. The summed E-state index contributed by atoms with van der Waals surface area (Å²) < 4.78 is 0. The van der Waals surface area contributed by atoms with Crippen LogP contribution in [0.1, 0.15) is 36.1 Å². The van der Waals surface area contributed by atoms with Gasteiger partial charge in [-0.15, -0.1) is 0 Å². The van der Waals surface area contributed by atoms with Crippen LogP contribution in [0.4, 0.5) is 0 Å². The van der Waals surface area contributed by atoms with Gasteiger partial charge >= 0.3 is 0 Å². The molecule has 1 aliphatic heterocycles. The smallest absolute Gasteiger partial charge is 0.227 e. The molecule has 4 rings (SSSR count). The fourth-order valence-corrected chi connectivity index (χ4v) is 4.36. The van der Waals surface area contributed by atoms with Gasteiger partial charge in [-0.25, -0.2) is 0 Å². The average molecular weight is 399 g/mol. The number of carbonyl (C=O) groups excluding carboxylic acids is 1. The Balaban J connectivity index is 1.47. The highest BCUT2D eigenvalue weighted by atomic mass is 16.2. The molecule has 2 unspecified atom stereocenters. The number of rotatable bonds is 7. The molecule has 3 aromatic carbocycles. The van der Waals surface area contributed by atoms with Crippen LogP contribution < -0.4 is 0 Å². The molecule has 0 aliphatic carbocycles. The van der Waals surface area contributed by atoms with Crippen molar-refractivity contribution in [3.05, 3.63) is 108 Å². The van der Waals surface area contributed by atoms with E-state index < -0.39 is 0 Å². The zero-order valence-corrected chi connectivity index (χ0v) is 17.7. The monoisotopic (exact) mass is 398 g/mol. The van der Waals surface area contributed by atoms with E-state index >= 15 is 0 Å². The predicted octanol–water partition coefficient (Wildman–Crippen LogP) is 5.30. The summed E-state index contributed by atoms with van der Waals surface area (Å²) in [6.45, 7) is 5.35. The summed E-state index contributed by atoms with van der Waals surface area (Å²) in [6.07, 6.45) is 0.927. The van der Waals surface area contributed by atoms with Crippen molar-refractivity contribution in [3.8, 4) is 0 Å². The quantitative estimate of drug-likeness (QED) is 0.539. The summed E-state index contributed by atoms with van der Waals surface area (Å²) in [5.74, 6) is 0.328. The van der Waals surface area contributed by atoms with Gasteiger partial charge in [-0.2, -0.15) is 0 Å². The van der Waals surface area contributed by atoms with Gasteiger partial charge in [0.2, 0.25) is 5.91 Å². The number of hydrogen-bond acceptors (Lipinski definition) is 2. The minimum Gasteiger partial charge on any atom is -0.334 e. The molecule has 1 heterocycles. The highest BCUT2D eigenvalue weighted by Crippen LogP contribution is 2.29. The summed E-state index contributed by atoms with van der Waals surface area (Å²) in [6, 6.07) is 31.5. The standard InChI is InChI=1S/C27H30N2O/c1-22(25-15-9-4-10-16-25)28-18-17-26(21-28)27(30)29(19-23-11-5-2-6-12-23)20-24-13-7-3-8-14-24/h2-16,22,26H,17-21H2,1H3. The summed E-state index contributed by atoms with van der Waals surface area (Å²) in [4.78, 5) is 18.0. The first-order valence-electron chi connectivity index (χ1n) is 10.9. The van der Waals surface area contributed by atoms with E-state index in [-0.39, 0.29) is 11.8 Å². The van der Waals surface area contributed by atoms with E-state index in [4.69, 9.17) is 0 Å². The van der Waals surface area contributed by atoms with Crippen molar-refractivity contribution in [1.82, 2.24) is 9.80 Å². The maximum atomic E-state index is 13.6. The van der Waals surface area contributed by atoms with Crippen LogP contribution in [0.3, 0.4) is 0 Å². The van der Waals surface area contributed by atoms with Crippen molar-refractivity contribution in [1.29, 1.82) is 0 Å². The van der Waals surface area contributed by atoms with Crippen molar-refractivity contribution in [3.63, 3.8) is 0 Å². The number of nitrogens with zero attached hydrogens (tertiary/aromatic N) is 2. The van der Waals surface area contributed by atoms with E-state index in [1.807, 2.05) is 41.3 Å². The van der Waals surface area contributed by atoms with Gasteiger partial charge in [-0.3, -0.25) is 9.69 Å². The van der Waals surface area contributed by atoms with Gasteiger partial charge in [0, 0.05) is 25.7 Å². The third kappa shape index (κ3) is 4.98. The van der Waals surface area contributed by atoms with Gasteiger partial charge in [0.05, 0.1) is 5.92 Å². The van der Waals surface area contributed by atoms with Crippen molar-refractivity contribution >= 4 is 5.91 Å². The lowest BCUT2D eigenvalue weighted by molar-refractivity contribution is -0.136. The largest absolute Gasteiger partial charge is 0.334 e. The molecule has 3 heteroatoms. The molecule has 0 radical (unpaired) electrons. The van der Waals surface area contributed by atoms with Gasteiger partial charge < -0.3 is 4.90 Å². The summed E-state index contributed by atoms with van der Waals surface area (Å²) in [5.41, 5.74) is 3.67. The third-order valence-electron chi connectivity index (χ3n) is 6.14. The van der Waals surface area contributed by atoms with E-state index in [1.54, 1.807) is 0 Å². The minimum absolute atomic E-state index is 0.0589. The highest BCUT2D eigenvalue weighted by molar-refractivity contribution is 5.79. The maximum absolute atomic E-state index is 13.6. The van der Waals surface area contributed by atoms with Crippen molar-refractivity contribution in [2.24, 2.45) is 5.92 Å². The van der Waals surface area contributed by atoms with E-state index in [9.17, 15) is 4.79 Å². The summed E-state index contributed by atoms with van der Waals surface area (Å²) in [7, 11) is 0. The Labute approximate surface area is 180 Å². The van der Waals surface area contributed by atoms with Gasteiger partial charge in [0.25, 0.3) is 0 Å². The SMILES string of the molecule is CC(c1ccccc1)N1CCC(C(=O)N(Cc2ccccc2)Cc2ccccc2)C1. The molecule has 1 saturated heterocycles. The lowest BCUT2D eigenvalue weighted by atomic mass is 10.0. The van der Waals surface area contributed by atoms with Crippen LogP contribution >= 0.6 is 0 Å². The van der Waals surface area contributed by atoms with Gasteiger partial charge in [-0.05, 0) is 36.6 Å². The number of carbonyl (C=O) groups is 1. The van der Waals surface area contributed by atoms with Crippen LogP contribution in [0.5, 0.6) is 0 Å². The van der Waals surface area contributed by atoms with E-state index in [0.29, 0.717) is 19.1 Å². The molecule has 3 nitrogen and oxygen atoms in total. The van der Waals surface area contributed by atoms with Gasteiger partial charge in [0.15, 0.2) is 0 Å². The van der Waals surface area contributed by atoms with Crippen molar-refractivity contribution in [2.75, 3.05) is 13.1 Å². The fraction of sp³-hybridized carbons (Fsp3) is 0.296. The average Bonchev–Trinajstić information content (AvgIpc) is 3.30. The number of hydrogen-bond donors (Lipinski definition) is 0. The molecule has 3 aromatic rings. The lowest BCUT2D eigenvalue weighted by Gasteiger charge is -2.28. The second-order valence-electron chi connectivity index (χ2n) is 8.23. The first-order chi connectivity index (χ1) is 14.7. The number of likely N-dealkylation sites (tertiary alicyclic amines) is 1. The Bertz CT molecular complexity index is 885. The molecule has 1 fully saturated rings. The molecule has 30 heavy (non-hydrogen) atoms. The first-order valence-corrected chi connectivity index (χ1v) is 10.9. The Kier molecular flexibility index (Phi) is 6.60. The Morgan fingerprint density at radius 3 is 1.90 bits per heavy atom. The van der Waals surface area contributed by atoms with Crippen LogP contribution in [0, 0.1) is 5.92 Å². The molecule has 2 atom stereocenters. The fourth-order valence-electron chi connectivity index (χ4n) is 4.36. The third-order valence-corrected chi connectivity index (χ3v) is 6.14. The van der Waals surface area contributed by atoms with Crippen molar-refractivity contribution < 1.29 is 4.79 Å². The molecule has 0 bridgehead atoms.